The number of carbonyl (C=O) groups is 1. The quantitative estimate of drug-likeness (QED) is 0.796. The fourth-order valence-corrected chi connectivity index (χ4v) is 4.09. The molecule has 0 aliphatic carbocycles. The molecule has 1 aliphatic heterocycles. The third kappa shape index (κ3) is 4.09. The molecule has 0 saturated carbocycles. The van der Waals surface area contributed by atoms with Gasteiger partial charge in [0.25, 0.3) is 5.91 Å². The van der Waals surface area contributed by atoms with Crippen LogP contribution < -0.4 is 4.74 Å². The van der Waals surface area contributed by atoms with Gasteiger partial charge in [0.1, 0.15) is 6.10 Å². The molecule has 3 rings (SSSR count). The number of hydrogen-bond donors (Lipinski definition) is 0. The van der Waals surface area contributed by atoms with E-state index in [2.05, 4.69) is 25.9 Å². The topological polar surface area (TPSA) is 55.3 Å². The highest BCUT2D eigenvalue weighted by Crippen LogP contribution is 2.23. The van der Waals surface area contributed by atoms with E-state index in [1.165, 1.54) is 11.3 Å². The Kier molecular flexibility index (Phi) is 4.96. The molecule has 3 heterocycles. The van der Waals surface area contributed by atoms with Crippen LogP contribution in [0.25, 0.3) is 0 Å². The summed E-state index contributed by atoms with van der Waals surface area (Å²) < 4.78 is 6.86. The van der Waals surface area contributed by atoms with Crippen LogP contribution in [-0.2, 0) is 0 Å². The average Bonchev–Trinajstić information content (AvgIpc) is 2.92. The molecule has 1 unspecified atom stereocenters. The van der Waals surface area contributed by atoms with Gasteiger partial charge in [-0.2, -0.15) is 0 Å². The minimum Gasteiger partial charge on any atom is -0.458 e. The fraction of sp³-hybridized carbons (Fsp3) is 0.438. The second kappa shape index (κ2) is 6.97. The Morgan fingerprint density at radius 3 is 2.74 bits per heavy atom. The first kappa shape index (κ1) is 16.4. The van der Waals surface area contributed by atoms with Gasteiger partial charge in [-0.1, -0.05) is 0 Å². The van der Waals surface area contributed by atoms with Crippen LogP contribution >= 0.6 is 27.3 Å². The molecule has 2 aromatic heterocycles. The van der Waals surface area contributed by atoms with Gasteiger partial charge in [-0.05, 0) is 54.8 Å². The Labute approximate surface area is 147 Å². The van der Waals surface area contributed by atoms with Gasteiger partial charge >= 0.3 is 6.01 Å². The molecule has 1 amide bonds. The Morgan fingerprint density at radius 1 is 1.35 bits per heavy atom. The highest BCUT2D eigenvalue weighted by atomic mass is 79.9. The Balaban J connectivity index is 1.67. The molecule has 1 fully saturated rings. The van der Waals surface area contributed by atoms with Gasteiger partial charge in [0.2, 0.25) is 0 Å². The molecule has 0 radical (unpaired) electrons. The van der Waals surface area contributed by atoms with Crippen LogP contribution in [0.1, 0.15) is 33.9 Å². The van der Waals surface area contributed by atoms with E-state index in [9.17, 15) is 4.79 Å². The lowest BCUT2D eigenvalue weighted by atomic mass is 10.1. The minimum absolute atomic E-state index is 0.0581. The molecule has 1 atom stereocenters. The van der Waals surface area contributed by atoms with Crippen LogP contribution in [0.15, 0.2) is 22.0 Å². The summed E-state index contributed by atoms with van der Waals surface area (Å²) in [6.07, 6.45) is 1.78. The van der Waals surface area contributed by atoms with Crippen molar-refractivity contribution in [2.24, 2.45) is 0 Å². The number of piperidine rings is 1. The molecular weight excluding hydrogens is 378 g/mol. The fourth-order valence-electron chi connectivity index (χ4n) is 2.70. The number of thiophene rings is 1. The van der Waals surface area contributed by atoms with Crippen molar-refractivity contribution in [3.63, 3.8) is 0 Å². The largest absolute Gasteiger partial charge is 0.458 e. The first-order chi connectivity index (χ1) is 11.0. The molecule has 0 N–H and O–H groups in total. The van der Waals surface area contributed by atoms with Gasteiger partial charge in [0, 0.05) is 27.8 Å². The van der Waals surface area contributed by atoms with E-state index in [-0.39, 0.29) is 12.0 Å². The van der Waals surface area contributed by atoms with Crippen LogP contribution in [0.2, 0.25) is 0 Å². The summed E-state index contributed by atoms with van der Waals surface area (Å²) in [5.41, 5.74) is 1.78. The summed E-state index contributed by atoms with van der Waals surface area (Å²) in [5.74, 6) is 0.0651. The van der Waals surface area contributed by atoms with E-state index in [0.717, 1.165) is 40.1 Å². The number of likely N-dealkylation sites (tertiary alicyclic amines) is 1. The van der Waals surface area contributed by atoms with Crippen molar-refractivity contribution in [2.75, 3.05) is 13.1 Å². The molecule has 1 aliphatic rings. The lowest BCUT2D eigenvalue weighted by Gasteiger charge is -2.32. The number of aromatic nitrogens is 2. The lowest BCUT2D eigenvalue weighted by Crippen LogP contribution is -2.44. The summed E-state index contributed by atoms with van der Waals surface area (Å²) in [4.78, 5) is 23.8. The van der Waals surface area contributed by atoms with E-state index in [4.69, 9.17) is 4.74 Å². The summed E-state index contributed by atoms with van der Waals surface area (Å²) in [6.45, 7) is 5.19. The molecule has 0 bridgehead atoms. The van der Waals surface area contributed by atoms with Crippen molar-refractivity contribution in [2.45, 2.75) is 32.8 Å². The molecule has 23 heavy (non-hydrogen) atoms. The predicted octanol–water partition coefficient (Wildman–Crippen LogP) is 3.60. The molecule has 1 saturated heterocycles. The van der Waals surface area contributed by atoms with Crippen LogP contribution in [0.5, 0.6) is 6.01 Å². The zero-order valence-electron chi connectivity index (χ0n) is 13.1. The van der Waals surface area contributed by atoms with Gasteiger partial charge in [0.15, 0.2) is 0 Å². The maximum atomic E-state index is 12.5. The molecule has 2 aromatic rings. The van der Waals surface area contributed by atoms with Crippen molar-refractivity contribution < 1.29 is 9.53 Å². The van der Waals surface area contributed by atoms with E-state index >= 15 is 0 Å². The number of aryl methyl sites for hydroxylation is 2. The Morgan fingerprint density at radius 2 is 2.09 bits per heavy atom. The normalized spacial score (nSPS) is 18.0. The lowest BCUT2D eigenvalue weighted by molar-refractivity contribution is 0.0519. The second-order valence-corrected chi connectivity index (χ2v) is 7.52. The Hall–Kier alpha value is -1.47. The molecular formula is C16H18BrN3O2S. The number of rotatable bonds is 3. The zero-order chi connectivity index (χ0) is 16.4. The van der Waals surface area contributed by atoms with Crippen LogP contribution in [0, 0.1) is 13.8 Å². The van der Waals surface area contributed by atoms with Crippen molar-refractivity contribution in [1.82, 2.24) is 14.9 Å². The third-order valence-corrected chi connectivity index (χ3v) is 5.36. The van der Waals surface area contributed by atoms with Crippen molar-refractivity contribution >= 4 is 33.2 Å². The maximum Gasteiger partial charge on any atom is 0.317 e. The van der Waals surface area contributed by atoms with Crippen LogP contribution in [-0.4, -0.2) is 40.0 Å². The van der Waals surface area contributed by atoms with E-state index in [1.807, 2.05) is 36.3 Å². The maximum absolute atomic E-state index is 12.5. The smallest absolute Gasteiger partial charge is 0.317 e. The van der Waals surface area contributed by atoms with E-state index in [1.54, 1.807) is 0 Å². The number of ether oxygens (including phenoxy) is 1. The molecule has 0 spiro atoms. The summed E-state index contributed by atoms with van der Waals surface area (Å²) in [7, 11) is 0. The molecule has 7 heteroatoms. The van der Waals surface area contributed by atoms with E-state index < -0.39 is 0 Å². The van der Waals surface area contributed by atoms with Crippen LogP contribution in [0.4, 0.5) is 0 Å². The highest BCUT2D eigenvalue weighted by Gasteiger charge is 2.27. The van der Waals surface area contributed by atoms with Crippen molar-refractivity contribution in [3.8, 4) is 6.01 Å². The SMILES string of the molecule is Cc1cc(C)nc(OC2CCCN(C(=O)c3cc(Br)cs3)C2)n1. The number of amides is 1. The summed E-state index contributed by atoms with van der Waals surface area (Å²) >= 11 is 4.85. The summed E-state index contributed by atoms with van der Waals surface area (Å²) in [6, 6.07) is 4.18. The van der Waals surface area contributed by atoms with Gasteiger partial charge in [-0.3, -0.25) is 4.79 Å². The minimum atomic E-state index is -0.0581. The Bertz CT molecular complexity index is 699. The second-order valence-electron chi connectivity index (χ2n) is 5.70. The summed E-state index contributed by atoms with van der Waals surface area (Å²) in [5, 5.41) is 1.93. The van der Waals surface area contributed by atoms with Crippen LogP contribution in [0.3, 0.4) is 0 Å². The van der Waals surface area contributed by atoms with Gasteiger partial charge in [0.05, 0.1) is 11.4 Å². The highest BCUT2D eigenvalue weighted by molar-refractivity contribution is 9.10. The van der Waals surface area contributed by atoms with Crippen molar-refractivity contribution in [1.29, 1.82) is 0 Å². The van der Waals surface area contributed by atoms with E-state index in [0.29, 0.717) is 12.6 Å². The molecule has 0 aromatic carbocycles. The van der Waals surface area contributed by atoms with Gasteiger partial charge < -0.3 is 9.64 Å². The molecule has 122 valence electrons. The van der Waals surface area contributed by atoms with Gasteiger partial charge in [-0.15, -0.1) is 11.3 Å². The number of halogens is 1. The average molecular weight is 396 g/mol. The number of hydrogen-bond acceptors (Lipinski definition) is 5. The molecule has 5 nitrogen and oxygen atoms in total. The first-order valence-corrected chi connectivity index (χ1v) is 9.21. The first-order valence-electron chi connectivity index (χ1n) is 7.53. The third-order valence-electron chi connectivity index (χ3n) is 3.68. The van der Waals surface area contributed by atoms with Crippen molar-refractivity contribution in [3.05, 3.63) is 38.3 Å². The number of carbonyl (C=O) groups excluding carboxylic acids is 1. The van der Waals surface area contributed by atoms with Gasteiger partial charge in [-0.25, -0.2) is 9.97 Å². The predicted molar refractivity (Wildman–Crippen MR) is 93.1 cm³/mol. The zero-order valence-corrected chi connectivity index (χ0v) is 15.5. The number of nitrogens with zero attached hydrogens (tertiary/aromatic N) is 3. The monoisotopic (exact) mass is 395 g/mol. The standard InChI is InChI=1S/C16H18BrN3O2S/c1-10-6-11(2)19-16(18-10)22-13-4-3-5-20(8-13)15(21)14-7-12(17)9-23-14/h6-7,9,13H,3-5,8H2,1-2H3.